The number of amides is 2. The Morgan fingerprint density at radius 2 is 1.84 bits per heavy atom. The molecule has 2 N–H and O–H groups in total. The molecule has 128 valence electrons. The van der Waals surface area contributed by atoms with Gasteiger partial charge < -0.3 is 15.4 Å². The van der Waals surface area contributed by atoms with E-state index in [0.717, 1.165) is 33.5 Å². The molecule has 25 heavy (non-hydrogen) atoms. The standard InChI is InChI=1S/C20H21N3O2/c1-14-11-15(2)13-17(12-14)23-20(24)22-9-10-25-18-7-3-5-16-6-4-8-21-19(16)18/h3-8,11-13H,9-10H2,1-2H3,(H2,22,23,24). The number of ether oxygens (including phenoxy) is 1. The van der Waals surface area contributed by atoms with Crippen molar-refractivity contribution in [2.24, 2.45) is 0 Å². The zero-order chi connectivity index (χ0) is 17.6. The normalized spacial score (nSPS) is 10.5. The fourth-order valence-electron chi connectivity index (χ4n) is 2.74. The second kappa shape index (κ2) is 7.66. The van der Waals surface area contributed by atoms with Crippen molar-refractivity contribution in [1.29, 1.82) is 0 Å². The van der Waals surface area contributed by atoms with Gasteiger partial charge in [0.2, 0.25) is 0 Å². The summed E-state index contributed by atoms with van der Waals surface area (Å²) in [5.74, 6) is 0.717. The number of pyridine rings is 1. The number of benzene rings is 2. The molecule has 0 saturated carbocycles. The summed E-state index contributed by atoms with van der Waals surface area (Å²) >= 11 is 0. The first-order valence-corrected chi connectivity index (χ1v) is 8.21. The van der Waals surface area contributed by atoms with Gasteiger partial charge in [-0.3, -0.25) is 4.98 Å². The van der Waals surface area contributed by atoms with Gasteiger partial charge in [-0.15, -0.1) is 0 Å². The third-order valence-corrected chi connectivity index (χ3v) is 3.72. The molecule has 0 fully saturated rings. The number of para-hydroxylation sites is 1. The van der Waals surface area contributed by atoms with Crippen molar-refractivity contribution in [3.8, 4) is 5.75 Å². The molecule has 0 unspecified atom stereocenters. The van der Waals surface area contributed by atoms with Gasteiger partial charge in [-0.25, -0.2) is 4.79 Å². The molecule has 0 aliphatic heterocycles. The maximum atomic E-state index is 12.0. The number of hydrogen-bond acceptors (Lipinski definition) is 3. The molecule has 0 aliphatic rings. The number of nitrogens with one attached hydrogen (secondary N) is 2. The molecule has 3 aromatic rings. The highest BCUT2D eigenvalue weighted by molar-refractivity contribution is 5.89. The van der Waals surface area contributed by atoms with Crippen LogP contribution in [0.5, 0.6) is 5.75 Å². The second-order valence-electron chi connectivity index (χ2n) is 5.94. The minimum absolute atomic E-state index is 0.246. The van der Waals surface area contributed by atoms with Crippen LogP contribution in [0, 0.1) is 13.8 Å². The molecule has 2 amide bonds. The lowest BCUT2D eigenvalue weighted by molar-refractivity contribution is 0.247. The van der Waals surface area contributed by atoms with Crippen molar-refractivity contribution in [1.82, 2.24) is 10.3 Å². The Morgan fingerprint density at radius 3 is 2.64 bits per heavy atom. The van der Waals surface area contributed by atoms with Crippen LogP contribution in [0.3, 0.4) is 0 Å². The van der Waals surface area contributed by atoms with E-state index in [1.54, 1.807) is 6.20 Å². The Bertz CT molecular complexity index is 867. The summed E-state index contributed by atoms with van der Waals surface area (Å²) in [4.78, 5) is 16.3. The van der Waals surface area contributed by atoms with E-state index in [0.29, 0.717) is 13.2 Å². The predicted octanol–water partition coefficient (Wildman–Crippen LogP) is 4.05. The molecule has 2 aromatic carbocycles. The molecule has 0 saturated heterocycles. The molecule has 0 bridgehead atoms. The molecule has 1 aromatic heterocycles. The number of fused-ring (bicyclic) bond motifs is 1. The number of rotatable bonds is 5. The SMILES string of the molecule is Cc1cc(C)cc(NC(=O)NCCOc2cccc3cccnc23)c1. The average Bonchev–Trinajstić information content (AvgIpc) is 2.58. The lowest BCUT2D eigenvalue weighted by Crippen LogP contribution is -2.32. The number of anilines is 1. The molecule has 5 nitrogen and oxygen atoms in total. The van der Waals surface area contributed by atoms with Crippen LogP contribution in [0.4, 0.5) is 10.5 Å². The van der Waals surface area contributed by atoms with Crippen LogP contribution in [-0.4, -0.2) is 24.2 Å². The Morgan fingerprint density at radius 1 is 1.08 bits per heavy atom. The largest absolute Gasteiger partial charge is 0.489 e. The second-order valence-corrected chi connectivity index (χ2v) is 5.94. The average molecular weight is 335 g/mol. The zero-order valence-corrected chi connectivity index (χ0v) is 14.4. The van der Waals surface area contributed by atoms with Gasteiger partial charge in [0, 0.05) is 17.3 Å². The number of nitrogens with zero attached hydrogens (tertiary/aromatic N) is 1. The maximum Gasteiger partial charge on any atom is 0.319 e. The van der Waals surface area contributed by atoms with Crippen molar-refractivity contribution >= 4 is 22.6 Å². The summed E-state index contributed by atoms with van der Waals surface area (Å²) in [6.45, 7) is 4.78. The summed E-state index contributed by atoms with van der Waals surface area (Å²) in [7, 11) is 0. The van der Waals surface area contributed by atoms with Crippen LogP contribution in [0.2, 0.25) is 0 Å². The monoisotopic (exact) mass is 335 g/mol. The smallest absolute Gasteiger partial charge is 0.319 e. The first-order chi connectivity index (χ1) is 12.1. The summed E-state index contributed by atoms with van der Waals surface area (Å²) in [6, 6.07) is 15.4. The van der Waals surface area contributed by atoms with Crippen LogP contribution < -0.4 is 15.4 Å². The highest BCUT2D eigenvalue weighted by Crippen LogP contribution is 2.22. The lowest BCUT2D eigenvalue weighted by atomic mass is 10.1. The van der Waals surface area contributed by atoms with Gasteiger partial charge in [0.1, 0.15) is 17.9 Å². The van der Waals surface area contributed by atoms with Gasteiger partial charge in [-0.05, 0) is 49.2 Å². The molecule has 3 rings (SSSR count). The van der Waals surface area contributed by atoms with Crippen LogP contribution >= 0.6 is 0 Å². The number of aromatic nitrogens is 1. The van der Waals surface area contributed by atoms with E-state index in [1.165, 1.54) is 0 Å². The van der Waals surface area contributed by atoms with Crippen LogP contribution in [0.15, 0.2) is 54.7 Å². The number of carbonyl (C=O) groups excluding carboxylic acids is 1. The molecular formula is C20H21N3O2. The molecule has 0 radical (unpaired) electrons. The van der Waals surface area contributed by atoms with E-state index in [1.807, 2.05) is 56.3 Å². The maximum absolute atomic E-state index is 12.0. The van der Waals surface area contributed by atoms with Gasteiger partial charge in [-0.2, -0.15) is 0 Å². The fourth-order valence-corrected chi connectivity index (χ4v) is 2.74. The van der Waals surface area contributed by atoms with Crippen LogP contribution in [0.1, 0.15) is 11.1 Å². The van der Waals surface area contributed by atoms with Crippen LogP contribution in [0.25, 0.3) is 10.9 Å². The predicted molar refractivity (Wildman–Crippen MR) is 100 cm³/mol. The van der Waals surface area contributed by atoms with Crippen LogP contribution in [-0.2, 0) is 0 Å². The van der Waals surface area contributed by atoms with Gasteiger partial charge in [0.25, 0.3) is 0 Å². The highest BCUT2D eigenvalue weighted by Gasteiger charge is 2.04. The lowest BCUT2D eigenvalue weighted by Gasteiger charge is -2.11. The molecule has 0 atom stereocenters. The summed E-state index contributed by atoms with van der Waals surface area (Å²) in [5, 5.41) is 6.66. The van der Waals surface area contributed by atoms with Crippen molar-refractivity contribution in [2.75, 3.05) is 18.5 Å². The van der Waals surface area contributed by atoms with Gasteiger partial charge in [-0.1, -0.05) is 24.3 Å². The number of hydrogen-bond donors (Lipinski definition) is 2. The van der Waals surface area contributed by atoms with Crippen molar-refractivity contribution in [3.05, 3.63) is 65.9 Å². The van der Waals surface area contributed by atoms with Gasteiger partial charge in [0.05, 0.1) is 6.54 Å². The molecule has 5 heteroatoms. The highest BCUT2D eigenvalue weighted by atomic mass is 16.5. The minimum atomic E-state index is -0.246. The van der Waals surface area contributed by atoms with Crippen molar-refractivity contribution < 1.29 is 9.53 Å². The molecule has 0 spiro atoms. The Hall–Kier alpha value is -3.08. The number of carbonyl (C=O) groups is 1. The van der Waals surface area contributed by atoms with E-state index in [4.69, 9.17) is 4.74 Å². The van der Waals surface area contributed by atoms with E-state index in [2.05, 4.69) is 21.7 Å². The third-order valence-electron chi connectivity index (χ3n) is 3.72. The quantitative estimate of drug-likeness (QED) is 0.691. The molecule has 0 aliphatic carbocycles. The van der Waals surface area contributed by atoms with E-state index >= 15 is 0 Å². The summed E-state index contributed by atoms with van der Waals surface area (Å²) < 4.78 is 5.75. The summed E-state index contributed by atoms with van der Waals surface area (Å²) in [5.41, 5.74) is 3.84. The fraction of sp³-hybridized carbons (Fsp3) is 0.200. The first-order valence-electron chi connectivity index (χ1n) is 8.21. The Labute approximate surface area is 147 Å². The zero-order valence-electron chi connectivity index (χ0n) is 14.4. The summed E-state index contributed by atoms with van der Waals surface area (Å²) in [6.07, 6.45) is 1.74. The molecule has 1 heterocycles. The topological polar surface area (TPSA) is 63.2 Å². The van der Waals surface area contributed by atoms with Crippen molar-refractivity contribution in [3.63, 3.8) is 0 Å². The van der Waals surface area contributed by atoms with E-state index in [9.17, 15) is 4.79 Å². The third kappa shape index (κ3) is 4.47. The minimum Gasteiger partial charge on any atom is -0.489 e. The Kier molecular flexibility index (Phi) is 5.14. The van der Waals surface area contributed by atoms with Gasteiger partial charge >= 0.3 is 6.03 Å². The first kappa shape index (κ1) is 16.8. The number of urea groups is 1. The van der Waals surface area contributed by atoms with Crippen molar-refractivity contribution in [2.45, 2.75) is 13.8 Å². The van der Waals surface area contributed by atoms with Gasteiger partial charge in [0.15, 0.2) is 0 Å². The van der Waals surface area contributed by atoms with E-state index < -0.39 is 0 Å². The molecular weight excluding hydrogens is 314 g/mol. The number of aryl methyl sites for hydroxylation is 2. The Balaban J connectivity index is 1.50. The van der Waals surface area contributed by atoms with E-state index in [-0.39, 0.29) is 6.03 Å².